The van der Waals surface area contributed by atoms with Crippen LogP contribution >= 0.6 is 0 Å². The number of benzene rings is 10. The fourth-order valence-electron chi connectivity index (χ4n) is 9.70. The Labute approximate surface area is 362 Å². The zero-order valence-electron chi connectivity index (χ0n) is 34.6. The fraction of sp³-hybridized carbons (Fsp3) is 0.0345. The van der Waals surface area contributed by atoms with Gasteiger partial charge in [0.2, 0.25) is 0 Å². The minimum atomic E-state index is 0.832. The van der Waals surface area contributed by atoms with Gasteiger partial charge in [-0.1, -0.05) is 96.1 Å². The van der Waals surface area contributed by atoms with Crippen LogP contribution in [0.1, 0.15) is 11.1 Å². The first-order valence-electron chi connectivity index (χ1n) is 21.4. The summed E-state index contributed by atoms with van der Waals surface area (Å²) in [5.41, 5.74) is 13.9. The highest BCUT2D eigenvalue weighted by atomic mass is 16.3. The molecule has 5 heteroatoms. The maximum absolute atomic E-state index is 7.07. The SMILES string of the molecule is Cc1ccc(N(c2ccc3c(c2)oc2c4ccc(N(c5ccc(C)cc5)c5ccc6oc7ccccc7c6c5)cc4c4ccccc4c32)c2ccc3oc4ccccc4c3c2)cc1. The predicted octanol–water partition coefficient (Wildman–Crippen LogP) is 17.2. The molecule has 5 nitrogen and oxygen atoms in total. The molecule has 0 bridgehead atoms. The summed E-state index contributed by atoms with van der Waals surface area (Å²) in [6.45, 7) is 4.25. The molecule has 13 rings (SSSR count). The molecule has 0 fully saturated rings. The zero-order chi connectivity index (χ0) is 41.8. The van der Waals surface area contributed by atoms with E-state index in [1.54, 1.807) is 0 Å². The summed E-state index contributed by atoms with van der Waals surface area (Å²) in [4.78, 5) is 4.65. The summed E-state index contributed by atoms with van der Waals surface area (Å²) < 4.78 is 19.5. The smallest absolute Gasteiger partial charge is 0.143 e. The molecule has 298 valence electrons. The molecule has 3 heterocycles. The van der Waals surface area contributed by atoms with Crippen molar-refractivity contribution in [1.82, 2.24) is 0 Å². The number of furan rings is 3. The minimum absolute atomic E-state index is 0.832. The summed E-state index contributed by atoms with van der Waals surface area (Å²) in [5, 5.41) is 11.1. The quantitative estimate of drug-likeness (QED) is 0.157. The molecule has 3 aromatic heterocycles. The molecule has 0 radical (unpaired) electrons. The van der Waals surface area contributed by atoms with E-state index < -0.39 is 0 Å². The van der Waals surface area contributed by atoms with Crippen molar-refractivity contribution in [3.05, 3.63) is 205 Å². The summed E-state index contributed by atoms with van der Waals surface area (Å²) in [6, 6.07) is 69.0. The normalized spacial score (nSPS) is 12.0. The standard InChI is InChI=1S/C58H38N2O3/c1-35-15-19-37(20-16-35)59(40-25-29-54-50(32-40)44-10-5-7-13-52(44)61-54)39-23-27-47-49(31-39)43-9-3-4-12-46(43)57-48-28-24-42(34-56(48)63-58(47)57)60(38-21-17-36(2)18-22-38)41-26-30-55-51(33-41)45-11-6-8-14-53(45)62-55/h3-34H,1-2H3. The largest absolute Gasteiger partial charge is 0.456 e. The van der Waals surface area contributed by atoms with Crippen molar-refractivity contribution < 1.29 is 13.3 Å². The second kappa shape index (κ2) is 13.6. The molecule has 0 spiro atoms. The molecule has 63 heavy (non-hydrogen) atoms. The molecular weight excluding hydrogens is 773 g/mol. The van der Waals surface area contributed by atoms with Gasteiger partial charge in [-0.3, -0.25) is 0 Å². The van der Waals surface area contributed by atoms with Crippen molar-refractivity contribution in [3.63, 3.8) is 0 Å². The Morgan fingerprint density at radius 1 is 0.270 bits per heavy atom. The molecule has 0 atom stereocenters. The lowest BCUT2D eigenvalue weighted by atomic mass is 9.96. The van der Waals surface area contributed by atoms with Gasteiger partial charge in [-0.25, -0.2) is 0 Å². The Kier molecular flexibility index (Phi) is 7.67. The van der Waals surface area contributed by atoms with Crippen molar-refractivity contribution in [1.29, 1.82) is 0 Å². The molecule has 0 unspecified atom stereocenters. The molecule has 0 saturated heterocycles. The number of rotatable bonds is 6. The first kappa shape index (κ1) is 35.5. The molecule has 0 aliphatic heterocycles. The van der Waals surface area contributed by atoms with Crippen LogP contribution in [0.25, 0.3) is 87.4 Å². The van der Waals surface area contributed by atoms with Gasteiger partial charge in [0.1, 0.15) is 33.5 Å². The Balaban J connectivity index is 1.00. The van der Waals surface area contributed by atoms with Crippen LogP contribution in [-0.4, -0.2) is 0 Å². The lowest BCUT2D eigenvalue weighted by Gasteiger charge is -2.26. The van der Waals surface area contributed by atoms with Crippen LogP contribution < -0.4 is 9.80 Å². The van der Waals surface area contributed by atoms with Crippen molar-refractivity contribution in [2.45, 2.75) is 13.8 Å². The Morgan fingerprint density at radius 2 is 0.683 bits per heavy atom. The van der Waals surface area contributed by atoms with Crippen molar-refractivity contribution in [2.24, 2.45) is 0 Å². The van der Waals surface area contributed by atoms with Crippen LogP contribution in [0.4, 0.5) is 34.1 Å². The van der Waals surface area contributed by atoms with E-state index in [4.69, 9.17) is 13.3 Å². The molecule has 0 aliphatic rings. The highest BCUT2D eigenvalue weighted by molar-refractivity contribution is 6.30. The van der Waals surface area contributed by atoms with Gasteiger partial charge in [0.25, 0.3) is 0 Å². The van der Waals surface area contributed by atoms with E-state index in [1.165, 1.54) is 16.5 Å². The number of hydrogen-bond acceptors (Lipinski definition) is 5. The van der Waals surface area contributed by atoms with Gasteiger partial charge in [0.15, 0.2) is 0 Å². The molecule has 10 aromatic carbocycles. The third-order valence-corrected chi connectivity index (χ3v) is 12.7. The number of hydrogen-bond donors (Lipinski definition) is 0. The third kappa shape index (κ3) is 5.56. The molecule has 13 aromatic rings. The van der Waals surface area contributed by atoms with Gasteiger partial charge in [0, 0.05) is 77.9 Å². The average Bonchev–Trinajstić information content (AvgIpc) is 4.02. The van der Waals surface area contributed by atoms with Crippen molar-refractivity contribution in [2.75, 3.05) is 9.80 Å². The summed E-state index contributed by atoms with van der Waals surface area (Å²) >= 11 is 0. The van der Waals surface area contributed by atoms with Crippen LogP contribution in [-0.2, 0) is 0 Å². The van der Waals surface area contributed by atoms with Crippen LogP contribution in [0.15, 0.2) is 207 Å². The number of fused-ring (bicyclic) bond motifs is 14. The highest BCUT2D eigenvalue weighted by Crippen LogP contribution is 2.47. The van der Waals surface area contributed by atoms with Crippen LogP contribution in [0.3, 0.4) is 0 Å². The van der Waals surface area contributed by atoms with Crippen LogP contribution in [0.2, 0.25) is 0 Å². The van der Waals surface area contributed by atoms with Gasteiger partial charge >= 0.3 is 0 Å². The molecule has 0 saturated carbocycles. The first-order valence-corrected chi connectivity index (χ1v) is 21.4. The molecule has 0 N–H and O–H groups in total. The lowest BCUT2D eigenvalue weighted by Crippen LogP contribution is -2.09. The van der Waals surface area contributed by atoms with E-state index in [0.717, 1.165) is 116 Å². The van der Waals surface area contributed by atoms with E-state index in [0.29, 0.717) is 0 Å². The number of anilines is 6. The number of para-hydroxylation sites is 2. The maximum atomic E-state index is 7.07. The van der Waals surface area contributed by atoms with E-state index in [1.807, 2.05) is 24.3 Å². The minimum Gasteiger partial charge on any atom is -0.456 e. The second-order valence-electron chi connectivity index (χ2n) is 16.7. The van der Waals surface area contributed by atoms with E-state index in [2.05, 4.69) is 194 Å². The van der Waals surface area contributed by atoms with Gasteiger partial charge in [0.05, 0.1) is 0 Å². The maximum Gasteiger partial charge on any atom is 0.143 e. The van der Waals surface area contributed by atoms with Crippen molar-refractivity contribution >= 4 is 121 Å². The zero-order valence-corrected chi connectivity index (χ0v) is 34.6. The molecule has 0 aliphatic carbocycles. The van der Waals surface area contributed by atoms with Gasteiger partial charge in [-0.15, -0.1) is 0 Å². The highest BCUT2D eigenvalue weighted by Gasteiger charge is 2.22. The molecule has 0 amide bonds. The number of nitrogens with zero attached hydrogens (tertiary/aromatic N) is 2. The third-order valence-electron chi connectivity index (χ3n) is 12.7. The summed E-state index contributed by atoms with van der Waals surface area (Å²) in [5.74, 6) is 0. The van der Waals surface area contributed by atoms with Gasteiger partial charge < -0.3 is 23.1 Å². The molecular formula is C58H38N2O3. The van der Waals surface area contributed by atoms with Crippen molar-refractivity contribution in [3.8, 4) is 0 Å². The lowest BCUT2D eigenvalue weighted by molar-refractivity contribution is 0.668. The first-order chi connectivity index (χ1) is 31.0. The summed E-state index contributed by atoms with van der Waals surface area (Å²) in [7, 11) is 0. The topological polar surface area (TPSA) is 45.9 Å². The Morgan fingerprint density at radius 3 is 1.24 bits per heavy atom. The van der Waals surface area contributed by atoms with Crippen LogP contribution in [0, 0.1) is 13.8 Å². The predicted molar refractivity (Wildman–Crippen MR) is 262 cm³/mol. The Bertz CT molecular complexity index is 3950. The van der Waals surface area contributed by atoms with E-state index in [9.17, 15) is 0 Å². The average molecular weight is 811 g/mol. The van der Waals surface area contributed by atoms with Gasteiger partial charge in [-0.2, -0.15) is 0 Å². The Hall–Kier alpha value is -8.28. The monoisotopic (exact) mass is 810 g/mol. The summed E-state index contributed by atoms with van der Waals surface area (Å²) in [6.07, 6.45) is 0. The number of aryl methyl sites for hydroxylation is 2. The van der Waals surface area contributed by atoms with Crippen LogP contribution in [0.5, 0.6) is 0 Å². The second-order valence-corrected chi connectivity index (χ2v) is 16.7. The van der Waals surface area contributed by atoms with E-state index >= 15 is 0 Å². The van der Waals surface area contributed by atoms with Gasteiger partial charge in [-0.05, 0) is 133 Å². The fourth-order valence-corrected chi connectivity index (χ4v) is 9.70. The van der Waals surface area contributed by atoms with E-state index in [-0.39, 0.29) is 0 Å².